The lowest BCUT2D eigenvalue weighted by molar-refractivity contribution is 0.231. The van der Waals surface area contributed by atoms with Crippen molar-refractivity contribution in [1.29, 1.82) is 5.26 Å². The van der Waals surface area contributed by atoms with Crippen LogP contribution >= 0.6 is 0 Å². The molecule has 0 amide bonds. The molecule has 1 rings (SSSR count). The van der Waals surface area contributed by atoms with Crippen LogP contribution in [0.4, 0.5) is 0 Å². The van der Waals surface area contributed by atoms with Gasteiger partial charge < -0.3 is 0 Å². The van der Waals surface area contributed by atoms with Crippen molar-refractivity contribution < 1.29 is 0 Å². The van der Waals surface area contributed by atoms with E-state index >= 15 is 0 Å². The fourth-order valence-electron chi connectivity index (χ4n) is 2.44. The van der Waals surface area contributed by atoms with Gasteiger partial charge in [0, 0.05) is 6.54 Å². The zero-order chi connectivity index (χ0) is 11.1. The molecular formula is C13H24N2. The molecule has 2 nitrogen and oxygen atoms in total. The van der Waals surface area contributed by atoms with Crippen LogP contribution in [0.1, 0.15) is 52.4 Å². The number of likely N-dealkylation sites (tertiary alicyclic amines) is 1. The average Bonchev–Trinajstić information content (AvgIpc) is 2.71. The molecule has 0 N–H and O–H groups in total. The third kappa shape index (κ3) is 3.83. The van der Waals surface area contributed by atoms with Crippen molar-refractivity contribution in [3.05, 3.63) is 0 Å². The Balaban J connectivity index is 2.34. The summed E-state index contributed by atoms with van der Waals surface area (Å²) >= 11 is 0. The Morgan fingerprint density at radius 1 is 1.47 bits per heavy atom. The minimum absolute atomic E-state index is 0.209. The summed E-state index contributed by atoms with van der Waals surface area (Å²) in [6.45, 7) is 6.81. The number of rotatable bonds is 6. The van der Waals surface area contributed by atoms with Gasteiger partial charge in [-0.05, 0) is 31.7 Å². The van der Waals surface area contributed by atoms with Crippen LogP contribution in [-0.2, 0) is 0 Å². The van der Waals surface area contributed by atoms with E-state index in [4.69, 9.17) is 5.26 Å². The van der Waals surface area contributed by atoms with E-state index in [0.29, 0.717) is 0 Å². The van der Waals surface area contributed by atoms with E-state index in [1.165, 1.54) is 32.1 Å². The number of nitriles is 1. The number of hydrogen-bond acceptors (Lipinski definition) is 2. The second-order valence-corrected chi connectivity index (χ2v) is 4.70. The minimum atomic E-state index is 0.209. The van der Waals surface area contributed by atoms with Gasteiger partial charge in [0.2, 0.25) is 0 Å². The van der Waals surface area contributed by atoms with Gasteiger partial charge in [-0.1, -0.05) is 33.1 Å². The maximum absolute atomic E-state index is 9.01. The van der Waals surface area contributed by atoms with Gasteiger partial charge in [-0.3, -0.25) is 4.90 Å². The van der Waals surface area contributed by atoms with Crippen molar-refractivity contribution in [1.82, 2.24) is 4.90 Å². The molecule has 0 aromatic carbocycles. The van der Waals surface area contributed by atoms with Crippen molar-refractivity contribution in [2.45, 2.75) is 58.4 Å². The predicted octanol–water partition coefficient (Wildman–Crippen LogP) is 3.19. The molecular weight excluding hydrogens is 184 g/mol. The highest BCUT2D eigenvalue weighted by molar-refractivity contribution is 4.96. The number of hydrogen-bond donors (Lipinski definition) is 0. The third-order valence-electron chi connectivity index (χ3n) is 3.55. The van der Waals surface area contributed by atoms with Crippen molar-refractivity contribution in [3.8, 4) is 6.07 Å². The third-order valence-corrected chi connectivity index (χ3v) is 3.55. The van der Waals surface area contributed by atoms with Crippen LogP contribution in [-0.4, -0.2) is 24.0 Å². The van der Waals surface area contributed by atoms with Crippen molar-refractivity contribution in [3.63, 3.8) is 0 Å². The van der Waals surface area contributed by atoms with E-state index in [2.05, 4.69) is 24.8 Å². The molecule has 0 saturated carbocycles. The van der Waals surface area contributed by atoms with Gasteiger partial charge in [-0.2, -0.15) is 5.26 Å². The summed E-state index contributed by atoms with van der Waals surface area (Å²) in [4.78, 5) is 2.39. The summed E-state index contributed by atoms with van der Waals surface area (Å²) in [6, 6.07) is 2.63. The standard InChI is InChI=1S/C13H24N2/c1-3-5-7-12(4-2)11-15-9-6-8-13(15)10-14/h12-13H,3-9,11H2,1-2H3. The lowest BCUT2D eigenvalue weighted by atomic mass is 9.98. The molecule has 86 valence electrons. The van der Waals surface area contributed by atoms with Crippen molar-refractivity contribution >= 4 is 0 Å². The van der Waals surface area contributed by atoms with E-state index < -0.39 is 0 Å². The Kier molecular flexibility index (Phi) is 5.71. The largest absolute Gasteiger partial charge is 0.288 e. The van der Waals surface area contributed by atoms with E-state index in [1.54, 1.807) is 0 Å². The van der Waals surface area contributed by atoms with E-state index in [9.17, 15) is 0 Å². The normalized spacial score (nSPS) is 23.9. The molecule has 1 aliphatic rings. The molecule has 1 aliphatic heterocycles. The summed E-state index contributed by atoms with van der Waals surface area (Å²) in [5.74, 6) is 0.805. The van der Waals surface area contributed by atoms with Crippen LogP contribution < -0.4 is 0 Å². The first-order valence-corrected chi connectivity index (χ1v) is 6.45. The van der Waals surface area contributed by atoms with E-state index in [1.807, 2.05) is 0 Å². The summed E-state index contributed by atoms with van der Waals surface area (Å²) < 4.78 is 0. The highest BCUT2D eigenvalue weighted by Gasteiger charge is 2.25. The first-order chi connectivity index (χ1) is 7.31. The van der Waals surface area contributed by atoms with E-state index in [-0.39, 0.29) is 6.04 Å². The topological polar surface area (TPSA) is 27.0 Å². The molecule has 1 fully saturated rings. The molecule has 0 radical (unpaired) electrons. The van der Waals surface area contributed by atoms with Gasteiger partial charge in [-0.25, -0.2) is 0 Å². The molecule has 2 atom stereocenters. The highest BCUT2D eigenvalue weighted by Crippen LogP contribution is 2.21. The molecule has 15 heavy (non-hydrogen) atoms. The molecule has 0 aromatic rings. The second-order valence-electron chi connectivity index (χ2n) is 4.70. The van der Waals surface area contributed by atoms with Gasteiger partial charge in [0.25, 0.3) is 0 Å². The maximum Gasteiger partial charge on any atom is 0.0978 e. The Morgan fingerprint density at radius 3 is 2.87 bits per heavy atom. The van der Waals surface area contributed by atoms with Gasteiger partial charge in [0.15, 0.2) is 0 Å². The zero-order valence-corrected chi connectivity index (χ0v) is 10.2. The SMILES string of the molecule is CCCCC(CC)CN1CCCC1C#N. The van der Waals surface area contributed by atoms with Gasteiger partial charge in [-0.15, -0.1) is 0 Å². The molecule has 2 unspecified atom stereocenters. The quantitative estimate of drug-likeness (QED) is 0.670. The summed E-state index contributed by atoms with van der Waals surface area (Å²) in [7, 11) is 0. The Morgan fingerprint density at radius 2 is 2.27 bits per heavy atom. The first-order valence-electron chi connectivity index (χ1n) is 6.45. The lowest BCUT2D eigenvalue weighted by Gasteiger charge is -2.24. The van der Waals surface area contributed by atoms with Crippen LogP contribution in [0.15, 0.2) is 0 Å². The van der Waals surface area contributed by atoms with E-state index in [0.717, 1.165) is 25.4 Å². The van der Waals surface area contributed by atoms with Gasteiger partial charge >= 0.3 is 0 Å². The molecule has 2 heteroatoms. The highest BCUT2D eigenvalue weighted by atomic mass is 15.2. The number of unbranched alkanes of at least 4 members (excludes halogenated alkanes) is 1. The van der Waals surface area contributed by atoms with Crippen LogP contribution in [0.3, 0.4) is 0 Å². The van der Waals surface area contributed by atoms with Crippen LogP contribution in [0.5, 0.6) is 0 Å². The van der Waals surface area contributed by atoms with Crippen LogP contribution in [0.25, 0.3) is 0 Å². The molecule has 1 heterocycles. The maximum atomic E-state index is 9.01. The van der Waals surface area contributed by atoms with Crippen LogP contribution in [0, 0.1) is 17.2 Å². The molecule has 1 saturated heterocycles. The van der Waals surface area contributed by atoms with Gasteiger partial charge in [0.05, 0.1) is 12.1 Å². The van der Waals surface area contributed by atoms with Crippen LogP contribution in [0.2, 0.25) is 0 Å². The predicted molar refractivity (Wildman–Crippen MR) is 63.5 cm³/mol. The Hall–Kier alpha value is -0.550. The first kappa shape index (κ1) is 12.5. The lowest BCUT2D eigenvalue weighted by Crippen LogP contribution is -2.33. The molecule has 0 aliphatic carbocycles. The summed E-state index contributed by atoms with van der Waals surface area (Å²) in [5.41, 5.74) is 0. The Bertz CT molecular complexity index is 207. The fourth-order valence-corrected chi connectivity index (χ4v) is 2.44. The smallest absolute Gasteiger partial charge is 0.0978 e. The van der Waals surface area contributed by atoms with Gasteiger partial charge in [0.1, 0.15) is 0 Å². The Labute approximate surface area is 94.3 Å². The zero-order valence-electron chi connectivity index (χ0n) is 10.2. The summed E-state index contributed by atoms with van der Waals surface area (Å²) in [6.07, 6.45) is 7.52. The molecule has 0 spiro atoms. The van der Waals surface area contributed by atoms with Crippen molar-refractivity contribution in [2.75, 3.05) is 13.1 Å². The monoisotopic (exact) mass is 208 g/mol. The molecule has 0 bridgehead atoms. The second kappa shape index (κ2) is 6.85. The summed E-state index contributed by atoms with van der Waals surface area (Å²) in [5, 5.41) is 9.01. The van der Waals surface area contributed by atoms with Crippen molar-refractivity contribution in [2.24, 2.45) is 5.92 Å². The average molecular weight is 208 g/mol. The fraction of sp³-hybridized carbons (Fsp3) is 0.923. The minimum Gasteiger partial charge on any atom is -0.288 e. The molecule has 0 aromatic heterocycles. The number of nitrogens with zero attached hydrogens (tertiary/aromatic N) is 2.